The zero-order valence-corrected chi connectivity index (χ0v) is 19.9. The highest BCUT2D eigenvalue weighted by molar-refractivity contribution is 7.92. The van der Waals surface area contributed by atoms with Crippen LogP contribution in [0, 0.1) is 11.7 Å². The normalized spacial score (nSPS) is 20.3. The lowest BCUT2D eigenvalue weighted by Gasteiger charge is -2.20. The van der Waals surface area contributed by atoms with Gasteiger partial charge in [-0.3, -0.25) is 4.72 Å². The number of carboxylic acid groups (broad SMARTS) is 1. The molecule has 1 fully saturated rings. The molecule has 0 spiro atoms. The van der Waals surface area contributed by atoms with E-state index < -0.39 is 45.1 Å². The average molecular weight is 511 g/mol. The van der Waals surface area contributed by atoms with Crippen molar-refractivity contribution in [2.75, 3.05) is 31.0 Å². The number of rotatable bonds is 9. The summed E-state index contributed by atoms with van der Waals surface area (Å²) in [5.74, 6) is -7.61. The fourth-order valence-corrected chi connectivity index (χ4v) is 5.65. The van der Waals surface area contributed by atoms with Crippen molar-refractivity contribution >= 4 is 27.8 Å². The van der Waals surface area contributed by atoms with E-state index in [0.717, 1.165) is 37.4 Å². The van der Waals surface area contributed by atoms with Crippen LogP contribution in [0.4, 0.5) is 18.9 Å². The molecule has 2 aromatic carbocycles. The van der Waals surface area contributed by atoms with Gasteiger partial charge >= 0.3 is 5.97 Å². The number of nitrogens with zero attached hydrogens (tertiary/aromatic N) is 1. The predicted octanol–water partition coefficient (Wildman–Crippen LogP) is 4.42. The van der Waals surface area contributed by atoms with Gasteiger partial charge in [0.1, 0.15) is 17.1 Å². The summed E-state index contributed by atoms with van der Waals surface area (Å²) < 4.78 is 76.0. The minimum absolute atomic E-state index is 0.0356. The Balaban J connectivity index is 1.69. The molecule has 2 aromatic rings. The number of sulfonamides is 1. The first kappa shape index (κ1) is 25.1. The second kappa shape index (κ2) is 9.19. The molecule has 2 atom stereocenters. The molecule has 11 heteroatoms. The molecule has 1 aliphatic carbocycles. The predicted molar refractivity (Wildman–Crippen MR) is 124 cm³/mol. The van der Waals surface area contributed by atoms with E-state index in [2.05, 4.69) is 9.62 Å². The fourth-order valence-electron chi connectivity index (χ4n) is 4.40. The van der Waals surface area contributed by atoms with Gasteiger partial charge in [0.2, 0.25) is 0 Å². The van der Waals surface area contributed by atoms with Gasteiger partial charge in [0, 0.05) is 12.1 Å². The molecule has 1 saturated carbocycles. The monoisotopic (exact) mass is 510 g/mol. The van der Waals surface area contributed by atoms with E-state index in [4.69, 9.17) is 4.74 Å². The van der Waals surface area contributed by atoms with Crippen LogP contribution in [-0.4, -0.2) is 56.6 Å². The lowest BCUT2D eigenvalue weighted by atomic mass is 10.0. The first-order valence-electron chi connectivity index (χ1n) is 11.1. The lowest BCUT2D eigenvalue weighted by molar-refractivity contribution is 0.0691. The molecule has 4 rings (SSSR count). The van der Waals surface area contributed by atoms with Gasteiger partial charge in [0.25, 0.3) is 15.9 Å². The van der Waals surface area contributed by atoms with Crippen molar-refractivity contribution < 1.29 is 36.2 Å². The molecule has 2 aliphatic rings. The van der Waals surface area contributed by atoms with E-state index in [-0.39, 0.29) is 34.1 Å². The number of hydrogen-bond acceptors (Lipinski definition) is 5. The van der Waals surface area contributed by atoms with Crippen molar-refractivity contribution in [3.8, 4) is 5.75 Å². The van der Waals surface area contributed by atoms with Crippen molar-refractivity contribution in [2.24, 2.45) is 5.92 Å². The SMILES string of the molecule is CCN(CC)CC=Cc1cc(F)ccc1S(=O)(=O)Nc1ccc2c(c1C(=O)O)OCC1C2C1(F)F. The van der Waals surface area contributed by atoms with Gasteiger partial charge in [-0.15, -0.1) is 0 Å². The number of anilines is 1. The Morgan fingerprint density at radius 1 is 1.26 bits per heavy atom. The van der Waals surface area contributed by atoms with Crippen molar-refractivity contribution in [3.63, 3.8) is 0 Å². The number of hydrogen-bond donors (Lipinski definition) is 2. The van der Waals surface area contributed by atoms with Crippen molar-refractivity contribution in [2.45, 2.75) is 30.6 Å². The van der Waals surface area contributed by atoms with E-state index in [1.165, 1.54) is 12.1 Å². The summed E-state index contributed by atoms with van der Waals surface area (Å²) in [7, 11) is -4.38. The summed E-state index contributed by atoms with van der Waals surface area (Å²) in [6.07, 6.45) is 3.20. The Kier molecular flexibility index (Phi) is 6.58. The minimum Gasteiger partial charge on any atom is -0.492 e. The number of fused-ring (bicyclic) bond motifs is 3. The summed E-state index contributed by atoms with van der Waals surface area (Å²) in [6, 6.07) is 5.53. The Labute approximate surface area is 201 Å². The van der Waals surface area contributed by atoms with Gasteiger partial charge in [-0.05, 0) is 42.9 Å². The van der Waals surface area contributed by atoms with Crippen LogP contribution in [0.25, 0.3) is 6.08 Å². The second-order valence-electron chi connectivity index (χ2n) is 8.46. The van der Waals surface area contributed by atoms with Crippen LogP contribution in [0.15, 0.2) is 41.3 Å². The van der Waals surface area contributed by atoms with Crippen LogP contribution >= 0.6 is 0 Å². The number of nitrogens with one attached hydrogen (secondary N) is 1. The smallest absolute Gasteiger partial charge is 0.341 e. The number of carbonyl (C=O) groups is 1. The summed E-state index contributed by atoms with van der Waals surface area (Å²) in [5.41, 5.74) is -0.765. The molecule has 1 heterocycles. The third-order valence-corrected chi connectivity index (χ3v) is 7.85. The number of benzene rings is 2. The van der Waals surface area contributed by atoms with E-state index in [1.807, 2.05) is 13.8 Å². The summed E-state index contributed by atoms with van der Waals surface area (Å²) in [4.78, 5) is 13.8. The largest absolute Gasteiger partial charge is 0.492 e. The standard InChI is InChI=1S/C24H25F3N2O5S/c1-3-29(4-2)11-5-6-14-12-15(25)7-10-19(14)35(32,33)28-18-9-8-16-21-17(24(21,26)27)13-34-22(16)20(18)23(30)31/h5-10,12,17,21,28H,3-4,11,13H2,1-2H3,(H,30,31). The second-order valence-corrected chi connectivity index (χ2v) is 10.1. The van der Waals surface area contributed by atoms with Crippen LogP contribution in [-0.2, 0) is 10.0 Å². The van der Waals surface area contributed by atoms with Gasteiger partial charge in [0.05, 0.1) is 29.0 Å². The molecular weight excluding hydrogens is 485 g/mol. The van der Waals surface area contributed by atoms with Crippen LogP contribution in [0.1, 0.15) is 41.3 Å². The van der Waals surface area contributed by atoms with E-state index >= 15 is 0 Å². The number of aromatic carboxylic acids is 1. The highest BCUT2D eigenvalue weighted by atomic mass is 32.2. The van der Waals surface area contributed by atoms with Crippen LogP contribution in [0.5, 0.6) is 5.75 Å². The Bertz CT molecular complexity index is 1290. The molecule has 7 nitrogen and oxygen atoms in total. The maximum Gasteiger partial charge on any atom is 0.341 e. The number of ether oxygens (including phenoxy) is 1. The molecule has 0 aromatic heterocycles. The minimum atomic E-state index is -4.38. The Morgan fingerprint density at radius 3 is 2.63 bits per heavy atom. The molecular formula is C24H25F3N2O5S. The van der Waals surface area contributed by atoms with Crippen LogP contribution in [0.3, 0.4) is 0 Å². The number of halogens is 3. The third-order valence-electron chi connectivity index (χ3n) is 6.41. The first-order chi connectivity index (χ1) is 16.5. The maximum absolute atomic E-state index is 14.0. The van der Waals surface area contributed by atoms with Gasteiger partial charge in [-0.1, -0.05) is 32.1 Å². The van der Waals surface area contributed by atoms with Gasteiger partial charge in [0.15, 0.2) is 0 Å². The third kappa shape index (κ3) is 4.62. The molecule has 1 aliphatic heterocycles. The van der Waals surface area contributed by atoms with Gasteiger partial charge in [-0.25, -0.2) is 26.4 Å². The van der Waals surface area contributed by atoms with Crippen LogP contribution in [0.2, 0.25) is 0 Å². The van der Waals surface area contributed by atoms with Crippen molar-refractivity contribution in [1.82, 2.24) is 4.90 Å². The zero-order valence-electron chi connectivity index (χ0n) is 19.1. The fraction of sp³-hybridized carbons (Fsp3) is 0.375. The number of alkyl halides is 2. The van der Waals surface area contributed by atoms with E-state index in [9.17, 15) is 31.5 Å². The van der Waals surface area contributed by atoms with Crippen molar-refractivity contribution in [1.29, 1.82) is 0 Å². The highest BCUT2D eigenvalue weighted by Gasteiger charge is 2.71. The first-order valence-corrected chi connectivity index (χ1v) is 12.6. The molecule has 2 N–H and O–H groups in total. The molecule has 35 heavy (non-hydrogen) atoms. The van der Waals surface area contributed by atoms with E-state index in [1.54, 1.807) is 6.08 Å². The van der Waals surface area contributed by atoms with E-state index in [0.29, 0.717) is 6.54 Å². The zero-order chi connectivity index (χ0) is 25.5. The van der Waals surface area contributed by atoms with Crippen molar-refractivity contribution in [3.05, 3.63) is 58.9 Å². The Hall–Kier alpha value is -3.05. The maximum atomic E-state index is 14.0. The quantitative estimate of drug-likeness (QED) is 0.519. The summed E-state index contributed by atoms with van der Waals surface area (Å²) in [5, 5.41) is 9.76. The molecule has 0 saturated heterocycles. The number of carboxylic acids is 1. The van der Waals surface area contributed by atoms with Gasteiger partial charge in [-0.2, -0.15) is 0 Å². The highest BCUT2D eigenvalue weighted by Crippen LogP contribution is 2.65. The lowest BCUT2D eigenvalue weighted by Crippen LogP contribution is -2.22. The Morgan fingerprint density at radius 2 is 1.97 bits per heavy atom. The van der Waals surface area contributed by atoms with Crippen LogP contribution < -0.4 is 9.46 Å². The average Bonchev–Trinajstić information content (AvgIpc) is 3.37. The van der Waals surface area contributed by atoms with Gasteiger partial charge < -0.3 is 14.7 Å². The molecule has 188 valence electrons. The molecule has 0 bridgehead atoms. The summed E-state index contributed by atoms with van der Waals surface area (Å²) >= 11 is 0. The molecule has 2 unspecified atom stereocenters. The summed E-state index contributed by atoms with van der Waals surface area (Å²) in [6.45, 7) is 5.68. The topological polar surface area (TPSA) is 95.9 Å². The molecule has 0 radical (unpaired) electrons. The molecule has 0 amide bonds. The number of likely N-dealkylation sites (N-methyl/N-ethyl adjacent to an activating group) is 1.